The van der Waals surface area contributed by atoms with Crippen molar-refractivity contribution in [2.45, 2.75) is 40.3 Å². The zero-order chi connectivity index (χ0) is 19.4. The van der Waals surface area contributed by atoms with Crippen LogP contribution in [0.5, 0.6) is 5.75 Å². The first-order chi connectivity index (χ1) is 13.0. The molecule has 1 amide bonds. The van der Waals surface area contributed by atoms with Crippen LogP contribution in [0, 0.1) is 13.8 Å². The predicted octanol–water partition coefficient (Wildman–Crippen LogP) is 4.23. The summed E-state index contributed by atoms with van der Waals surface area (Å²) in [7, 11) is 0. The molecule has 1 aromatic carbocycles. The Bertz CT molecular complexity index is 905. The Labute approximate surface area is 162 Å². The smallest absolute Gasteiger partial charge is 0.263 e. The number of hydrogen-bond donors (Lipinski definition) is 0. The molecule has 0 aliphatic carbocycles. The van der Waals surface area contributed by atoms with Crippen LogP contribution in [0.15, 0.2) is 40.2 Å². The Morgan fingerprint density at radius 2 is 2.11 bits per heavy atom. The van der Waals surface area contributed by atoms with Crippen molar-refractivity contribution < 1.29 is 14.1 Å². The Balaban J connectivity index is 1.67. The number of aromatic nitrogens is 2. The van der Waals surface area contributed by atoms with Crippen molar-refractivity contribution >= 4 is 17.2 Å². The molecular formula is C20H23N3O3S. The lowest BCUT2D eigenvalue weighted by Crippen LogP contribution is -2.40. The van der Waals surface area contributed by atoms with Crippen molar-refractivity contribution in [3.05, 3.63) is 52.7 Å². The van der Waals surface area contributed by atoms with Crippen LogP contribution in [0.1, 0.15) is 30.9 Å². The van der Waals surface area contributed by atoms with E-state index in [0.717, 1.165) is 21.8 Å². The minimum absolute atomic E-state index is 0.116. The molecule has 0 bridgehead atoms. The highest BCUT2D eigenvalue weighted by molar-refractivity contribution is 7.13. The van der Waals surface area contributed by atoms with Crippen molar-refractivity contribution in [3.63, 3.8) is 0 Å². The second kappa shape index (κ2) is 8.35. The van der Waals surface area contributed by atoms with E-state index in [1.54, 1.807) is 23.2 Å². The SMILES string of the molecule is CCN(Cc1nc(-c2cccs2)no1)C(=O)[C@@H](C)Oc1cccc(C)c1C. The van der Waals surface area contributed by atoms with Gasteiger partial charge in [0.15, 0.2) is 6.10 Å². The van der Waals surface area contributed by atoms with E-state index in [2.05, 4.69) is 10.1 Å². The zero-order valence-electron chi connectivity index (χ0n) is 15.9. The molecular weight excluding hydrogens is 362 g/mol. The number of amides is 1. The summed E-state index contributed by atoms with van der Waals surface area (Å²) in [6, 6.07) is 9.70. The summed E-state index contributed by atoms with van der Waals surface area (Å²) in [4.78, 5) is 19.8. The maximum Gasteiger partial charge on any atom is 0.263 e. The lowest BCUT2D eigenvalue weighted by molar-refractivity contribution is -0.138. The normalized spacial score (nSPS) is 12.0. The number of ether oxygens (including phenoxy) is 1. The molecule has 3 aromatic rings. The molecule has 0 fully saturated rings. The van der Waals surface area contributed by atoms with Gasteiger partial charge in [-0.05, 0) is 56.3 Å². The number of nitrogens with zero attached hydrogens (tertiary/aromatic N) is 3. The molecule has 0 saturated carbocycles. The lowest BCUT2D eigenvalue weighted by atomic mass is 10.1. The summed E-state index contributed by atoms with van der Waals surface area (Å²) in [5, 5.41) is 5.95. The van der Waals surface area contributed by atoms with Crippen LogP contribution < -0.4 is 4.74 Å². The van der Waals surface area contributed by atoms with E-state index in [4.69, 9.17) is 9.26 Å². The molecule has 6 nitrogen and oxygen atoms in total. The van der Waals surface area contributed by atoms with Crippen LogP contribution in [-0.4, -0.2) is 33.6 Å². The van der Waals surface area contributed by atoms with E-state index in [1.807, 2.05) is 56.5 Å². The summed E-state index contributed by atoms with van der Waals surface area (Å²) in [6.45, 7) is 8.47. The largest absolute Gasteiger partial charge is 0.481 e. The molecule has 0 saturated heterocycles. The van der Waals surface area contributed by atoms with Crippen LogP contribution in [0.3, 0.4) is 0 Å². The maximum atomic E-state index is 12.8. The molecule has 0 spiro atoms. The minimum Gasteiger partial charge on any atom is -0.481 e. The fourth-order valence-corrected chi connectivity index (χ4v) is 3.33. The number of benzene rings is 1. The van der Waals surface area contributed by atoms with E-state index < -0.39 is 6.10 Å². The topological polar surface area (TPSA) is 68.5 Å². The molecule has 0 N–H and O–H groups in total. The van der Waals surface area contributed by atoms with Gasteiger partial charge >= 0.3 is 0 Å². The van der Waals surface area contributed by atoms with Gasteiger partial charge in [-0.25, -0.2) is 0 Å². The summed E-state index contributed by atoms with van der Waals surface area (Å²) in [5.74, 6) is 1.56. The summed E-state index contributed by atoms with van der Waals surface area (Å²) < 4.78 is 11.2. The third kappa shape index (κ3) is 4.36. The van der Waals surface area contributed by atoms with E-state index >= 15 is 0 Å². The lowest BCUT2D eigenvalue weighted by Gasteiger charge is -2.24. The summed E-state index contributed by atoms with van der Waals surface area (Å²) in [5.41, 5.74) is 2.17. The molecule has 27 heavy (non-hydrogen) atoms. The highest BCUT2D eigenvalue weighted by atomic mass is 32.1. The van der Waals surface area contributed by atoms with Gasteiger partial charge in [-0.3, -0.25) is 4.79 Å². The molecule has 2 heterocycles. The highest BCUT2D eigenvalue weighted by Crippen LogP contribution is 2.23. The molecule has 0 radical (unpaired) electrons. The van der Waals surface area contributed by atoms with Gasteiger partial charge in [0.2, 0.25) is 11.7 Å². The predicted molar refractivity (Wildman–Crippen MR) is 105 cm³/mol. The number of hydrogen-bond acceptors (Lipinski definition) is 6. The van der Waals surface area contributed by atoms with Crippen LogP contribution >= 0.6 is 11.3 Å². The van der Waals surface area contributed by atoms with Gasteiger partial charge in [0, 0.05) is 6.54 Å². The van der Waals surface area contributed by atoms with Gasteiger partial charge in [0.1, 0.15) is 12.3 Å². The van der Waals surface area contributed by atoms with Crippen LogP contribution in [0.4, 0.5) is 0 Å². The van der Waals surface area contributed by atoms with Gasteiger partial charge in [0.05, 0.1) is 4.88 Å². The first-order valence-electron chi connectivity index (χ1n) is 8.87. The van der Waals surface area contributed by atoms with Gasteiger partial charge < -0.3 is 14.2 Å². The molecule has 0 aliphatic heterocycles. The van der Waals surface area contributed by atoms with E-state index in [0.29, 0.717) is 18.3 Å². The number of aryl methyl sites for hydroxylation is 1. The first kappa shape index (κ1) is 19.1. The average Bonchev–Trinajstić information content (AvgIpc) is 3.34. The Hall–Kier alpha value is -2.67. The summed E-state index contributed by atoms with van der Waals surface area (Å²) in [6.07, 6.45) is -0.606. The van der Waals surface area contributed by atoms with Crippen molar-refractivity contribution in [1.82, 2.24) is 15.0 Å². The van der Waals surface area contributed by atoms with Crippen LogP contribution in [0.25, 0.3) is 10.7 Å². The van der Waals surface area contributed by atoms with Crippen LogP contribution in [-0.2, 0) is 11.3 Å². The molecule has 0 aliphatic rings. The molecule has 142 valence electrons. The van der Waals surface area contributed by atoms with Crippen molar-refractivity contribution in [2.24, 2.45) is 0 Å². The Kier molecular flexibility index (Phi) is 5.91. The standard InChI is InChI=1S/C20H23N3O3S/c1-5-23(12-18-21-19(22-26-18)17-10-7-11-27-17)20(24)15(4)25-16-9-6-8-13(2)14(16)3/h6-11,15H,5,12H2,1-4H3/t15-/m1/s1. The Morgan fingerprint density at radius 3 is 2.81 bits per heavy atom. The van der Waals surface area contributed by atoms with Gasteiger partial charge in [-0.15, -0.1) is 11.3 Å². The van der Waals surface area contributed by atoms with Crippen molar-refractivity contribution in [2.75, 3.05) is 6.54 Å². The highest BCUT2D eigenvalue weighted by Gasteiger charge is 2.24. The van der Waals surface area contributed by atoms with E-state index in [1.165, 1.54) is 0 Å². The average molecular weight is 385 g/mol. The van der Waals surface area contributed by atoms with Crippen molar-refractivity contribution in [3.8, 4) is 16.5 Å². The molecule has 3 rings (SSSR count). The number of carbonyl (C=O) groups excluding carboxylic acids is 1. The molecule has 1 atom stereocenters. The minimum atomic E-state index is -0.606. The third-order valence-electron chi connectivity index (χ3n) is 4.44. The van der Waals surface area contributed by atoms with Crippen molar-refractivity contribution in [1.29, 1.82) is 0 Å². The number of carbonyl (C=O) groups is 1. The van der Waals surface area contributed by atoms with Crippen LogP contribution in [0.2, 0.25) is 0 Å². The first-order valence-corrected chi connectivity index (χ1v) is 9.75. The molecule has 2 aromatic heterocycles. The van der Waals surface area contributed by atoms with Gasteiger partial charge in [-0.2, -0.15) is 4.98 Å². The molecule has 7 heteroatoms. The monoisotopic (exact) mass is 385 g/mol. The fourth-order valence-electron chi connectivity index (χ4n) is 2.68. The molecule has 0 unspecified atom stereocenters. The fraction of sp³-hybridized carbons (Fsp3) is 0.350. The van der Waals surface area contributed by atoms with Gasteiger partial charge in [0.25, 0.3) is 5.91 Å². The van der Waals surface area contributed by atoms with E-state index in [9.17, 15) is 4.79 Å². The van der Waals surface area contributed by atoms with Gasteiger partial charge in [-0.1, -0.05) is 23.4 Å². The Morgan fingerprint density at radius 1 is 1.30 bits per heavy atom. The quantitative estimate of drug-likeness (QED) is 0.609. The summed E-state index contributed by atoms with van der Waals surface area (Å²) >= 11 is 1.54. The number of thiophene rings is 1. The zero-order valence-corrected chi connectivity index (χ0v) is 16.7. The second-order valence-corrected chi connectivity index (χ2v) is 7.25. The second-order valence-electron chi connectivity index (χ2n) is 6.30. The third-order valence-corrected chi connectivity index (χ3v) is 5.30. The maximum absolute atomic E-state index is 12.8. The number of likely N-dealkylation sites (N-methyl/N-ethyl adjacent to an activating group) is 1. The number of rotatable bonds is 7. The van der Waals surface area contributed by atoms with E-state index in [-0.39, 0.29) is 12.5 Å².